The van der Waals surface area contributed by atoms with Gasteiger partial charge in [-0.05, 0) is 49.2 Å². The van der Waals surface area contributed by atoms with Crippen LogP contribution >= 0.6 is 0 Å². The van der Waals surface area contributed by atoms with Crippen LogP contribution in [0.5, 0.6) is 0 Å². The predicted octanol–water partition coefficient (Wildman–Crippen LogP) is 2.29. The van der Waals surface area contributed by atoms with Gasteiger partial charge in [-0.15, -0.1) is 0 Å². The quantitative estimate of drug-likeness (QED) is 0.877. The predicted molar refractivity (Wildman–Crippen MR) is 78.8 cm³/mol. The van der Waals surface area contributed by atoms with Gasteiger partial charge < -0.3 is 10.6 Å². The monoisotopic (exact) mass is 267 g/mol. The molecule has 2 aromatic rings. The number of hydrogen-bond donors (Lipinski definition) is 2. The van der Waals surface area contributed by atoms with Crippen LogP contribution in [0.15, 0.2) is 36.4 Å². The second-order valence-corrected chi connectivity index (χ2v) is 4.99. The zero-order valence-corrected chi connectivity index (χ0v) is 11.4. The number of anilines is 1. The van der Waals surface area contributed by atoms with E-state index in [2.05, 4.69) is 21.7 Å². The van der Waals surface area contributed by atoms with Crippen molar-refractivity contribution in [3.63, 3.8) is 0 Å². The molecule has 1 aliphatic heterocycles. The van der Waals surface area contributed by atoms with E-state index in [1.807, 2.05) is 37.3 Å². The van der Waals surface area contributed by atoms with Gasteiger partial charge in [0.25, 0.3) is 5.91 Å². The number of aryl methyl sites for hydroxylation is 1. The number of carbonyl (C=O) groups is 1. The summed E-state index contributed by atoms with van der Waals surface area (Å²) < 4.78 is 0. The first-order valence-electron chi connectivity index (χ1n) is 6.80. The smallest absolute Gasteiger partial charge is 0.257 e. The van der Waals surface area contributed by atoms with Crippen molar-refractivity contribution in [1.82, 2.24) is 10.3 Å². The number of rotatable bonds is 2. The Morgan fingerprint density at radius 3 is 2.95 bits per heavy atom. The molecule has 2 N–H and O–H groups in total. The minimum Gasteiger partial charge on any atom is -0.312 e. The van der Waals surface area contributed by atoms with Gasteiger partial charge in [0.2, 0.25) is 0 Å². The molecule has 0 unspecified atom stereocenters. The number of carbonyl (C=O) groups excluding carboxylic acids is 1. The Morgan fingerprint density at radius 2 is 2.10 bits per heavy atom. The minimum absolute atomic E-state index is 0.0816. The van der Waals surface area contributed by atoms with Crippen LogP contribution in [0.1, 0.15) is 27.2 Å². The lowest BCUT2D eigenvalue weighted by Crippen LogP contribution is -2.26. The normalized spacial score (nSPS) is 13.7. The molecule has 0 saturated carbocycles. The number of amides is 1. The molecule has 1 aliphatic rings. The Kier molecular flexibility index (Phi) is 3.48. The SMILES string of the molecule is Cc1cccc(NC(=O)c2cccc3c2CCNC3)n1. The third kappa shape index (κ3) is 2.56. The van der Waals surface area contributed by atoms with Gasteiger partial charge in [0, 0.05) is 17.8 Å². The summed E-state index contributed by atoms with van der Waals surface area (Å²) in [5.41, 5.74) is 4.01. The van der Waals surface area contributed by atoms with Crippen LogP contribution < -0.4 is 10.6 Å². The van der Waals surface area contributed by atoms with E-state index in [1.54, 1.807) is 0 Å². The number of nitrogens with zero attached hydrogens (tertiary/aromatic N) is 1. The Balaban J connectivity index is 1.88. The fourth-order valence-electron chi connectivity index (χ4n) is 2.54. The summed E-state index contributed by atoms with van der Waals surface area (Å²) in [6.45, 7) is 3.66. The van der Waals surface area contributed by atoms with Crippen molar-refractivity contribution in [2.24, 2.45) is 0 Å². The van der Waals surface area contributed by atoms with Crippen molar-refractivity contribution < 1.29 is 4.79 Å². The van der Waals surface area contributed by atoms with Crippen LogP contribution in [-0.2, 0) is 13.0 Å². The summed E-state index contributed by atoms with van der Waals surface area (Å²) in [6, 6.07) is 11.5. The highest BCUT2D eigenvalue weighted by molar-refractivity contribution is 6.05. The molecule has 1 aromatic heterocycles. The average molecular weight is 267 g/mol. The molecule has 4 heteroatoms. The molecule has 102 valence electrons. The van der Waals surface area contributed by atoms with Crippen molar-refractivity contribution in [2.75, 3.05) is 11.9 Å². The van der Waals surface area contributed by atoms with Crippen molar-refractivity contribution in [1.29, 1.82) is 0 Å². The molecule has 0 fully saturated rings. The summed E-state index contributed by atoms with van der Waals surface area (Å²) in [4.78, 5) is 16.7. The highest BCUT2D eigenvalue weighted by atomic mass is 16.1. The largest absolute Gasteiger partial charge is 0.312 e. The Labute approximate surface area is 118 Å². The van der Waals surface area contributed by atoms with Gasteiger partial charge >= 0.3 is 0 Å². The van der Waals surface area contributed by atoms with Gasteiger partial charge in [0.05, 0.1) is 0 Å². The fraction of sp³-hybridized carbons (Fsp3) is 0.250. The van der Waals surface area contributed by atoms with E-state index in [4.69, 9.17) is 0 Å². The molecule has 0 spiro atoms. The number of aromatic nitrogens is 1. The number of fused-ring (bicyclic) bond motifs is 1. The van der Waals surface area contributed by atoms with Crippen molar-refractivity contribution in [2.45, 2.75) is 19.9 Å². The van der Waals surface area contributed by atoms with Gasteiger partial charge in [-0.1, -0.05) is 18.2 Å². The molecular weight excluding hydrogens is 250 g/mol. The van der Waals surface area contributed by atoms with Gasteiger partial charge in [0.1, 0.15) is 5.82 Å². The van der Waals surface area contributed by atoms with Crippen LogP contribution in [0.25, 0.3) is 0 Å². The zero-order valence-electron chi connectivity index (χ0n) is 11.4. The van der Waals surface area contributed by atoms with Crippen LogP contribution in [0, 0.1) is 6.92 Å². The van der Waals surface area contributed by atoms with E-state index in [-0.39, 0.29) is 5.91 Å². The van der Waals surface area contributed by atoms with Crippen LogP contribution in [0.4, 0.5) is 5.82 Å². The maximum Gasteiger partial charge on any atom is 0.257 e. The Hall–Kier alpha value is -2.20. The van der Waals surface area contributed by atoms with Gasteiger partial charge in [0.15, 0.2) is 0 Å². The molecule has 1 amide bonds. The van der Waals surface area contributed by atoms with Gasteiger partial charge in [-0.3, -0.25) is 4.79 Å². The molecule has 0 aliphatic carbocycles. The summed E-state index contributed by atoms with van der Waals surface area (Å²) in [5, 5.41) is 6.20. The lowest BCUT2D eigenvalue weighted by atomic mass is 9.95. The van der Waals surface area contributed by atoms with E-state index in [1.165, 1.54) is 5.56 Å². The molecular formula is C16H17N3O. The summed E-state index contributed by atoms with van der Waals surface area (Å²) in [6.07, 6.45) is 0.889. The van der Waals surface area contributed by atoms with Crippen molar-refractivity contribution in [3.8, 4) is 0 Å². The van der Waals surface area contributed by atoms with E-state index in [0.717, 1.165) is 36.3 Å². The Morgan fingerprint density at radius 1 is 1.25 bits per heavy atom. The van der Waals surface area contributed by atoms with E-state index < -0.39 is 0 Å². The lowest BCUT2D eigenvalue weighted by Gasteiger charge is -2.19. The molecule has 3 rings (SSSR count). The highest BCUT2D eigenvalue weighted by Gasteiger charge is 2.17. The topological polar surface area (TPSA) is 54.0 Å². The lowest BCUT2D eigenvalue weighted by molar-refractivity contribution is 0.102. The number of pyridine rings is 1. The number of nitrogens with one attached hydrogen (secondary N) is 2. The Bertz CT molecular complexity index is 652. The highest BCUT2D eigenvalue weighted by Crippen LogP contribution is 2.19. The zero-order chi connectivity index (χ0) is 13.9. The molecule has 0 atom stereocenters. The standard InChI is InChI=1S/C16H17N3O/c1-11-4-2-7-15(18-11)19-16(20)14-6-3-5-12-10-17-9-8-13(12)14/h2-7,17H,8-10H2,1H3,(H,18,19,20). The third-order valence-electron chi connectivity index (χ3n) is 3.51. The minimum atomic E-state index is -0.0816. The molecule has 0 radical (unpaired) electrons. The third-order valence-corrected chi connectivity index (χ3v) is 3.51. The molecule has 1 aromatic carbocycles. The summed E-state index contributed by atoms with van der Waals surface area (Å²) in [5.74, 6) is 0.517. The van der Waals surface area contributed by atoms with Crippen LogP contribution in [-0.4, -0.2) is 17.4 Å². The summed E-state index contributed by atoms with van der Waals surface area (Å²) >= 11 is 0. The van der Waals surface area contributed by atoms with E-state index in [0.29, 0.717) is 5.82 Å². The first-order chi connectivity index (χ1) is 9.74. The van der Waals surface area contributed by atoms with Crippen molar-refractivity contribution >= 4 is 11.7 Å². The molecule has 2 heterocycles. The molecule has 0 bridgehead atoms. The fourth-order valence-corrected chi connectivity index (χ4v) is 2.54. The average Bonchev–Trinajstić information content (AvgIpc) is 2.46. The van der Waals surface area contributed by atoms with E-state index >= 15 is 0 Å². The molecule has 20 heavy (non-hydrogen) atoms. The maximum absolute atomic E-state index is 12.4. The maximum atomic E-state index is 12.4. The second-order valence-electron chi connectivity index (χ2n) is 4.99. The van der Waals surface area contributed by atoms with Crippen LogP contribution in [0.2, 0.25) is 0 Å². The first-order valence-corrected chi connectivity index (χ1v) is 6.80. The van der Waals surface area contributed by atoms with E-state index in [9.17, 15) is 4.79 Å². The molecule has 0 saturated heterocycles. The van der Waals surface area contributed by atoms with Crippen molar-refractivity contribution in [3.05, 3.63) is 58.8 Å². The summed E-state index contributed by atoms with van der Waals surface area (Å²) in [7, 11) is 0. The molecule has 4 nitrogen and oxygen atoms in total. The number of benzene rings is 1. The first kappa shape index (κ1) is 12.8. The van der Waals surface area contributed by atoms with Gasteiger partial charge in [-0.25, -0.2) is 4.98 Å². The van der Waals surface area contributed by atoms with Crippen LogP contribution in [0.3, 0.4) is 0 Å². The number of hydrogen-bond acceptors (Lipinski definition) is 3. The second kappa shape index (κ2) is 5.43. The van der Waals surface area contributed by atoms with Gasteiger partial charge in [-0.2, -0.15) is 0 Å².